The first-order valence-electron chi connectivity index (χ1n) is 2.50. The van der Waals surface area contributed by atoms with Gasteiger partial charge in [-0.3, -0.25) is 0 Å². The van der Waals surface area contributed by atoms with E-state index in [-0.39, 0.29) is 27.7 Å². The van der Waals surface area contributed by atoms with Gasteiger partial charge in [0.1, 0.15) is 0 Å². The summed E-state index contributed by atoms with van der Waals surface area (Å²) in [6.45, 7) is 0.334. The minimum absolute atomic E-state index is 0.0836. The molecule has 0 fully saturated rings. The lowest BCUT2D eigenvalue weighted by molar-refractivity contribution is 3.84. The van der Waals surface area contributed by atoms with Crippen LogP contribution < -0.4 is 0 Å². The van der Waals surface area contributed by atoms with Crippen LogP contribution in [0.15, 0.2) is 0 Å². The quantitative estimate of drug-likeness (QED) is 0.394. The number of rotatable bonds is 0. The fraction of sp³-hybridized carbons (Fsp3) is 0. The van der Waals surface area contributed by atoms with E-state index in [0.717, 1.165) is 0 Å². The molecule has 0 saturated carbocycles. The first-order valence-corrected chi connectivity index (χ1v) is 22.5. The highest BCUT2D eigenvalue weighted by Crippen LogP contribution is 2.24. The van der Waals surface area contributed by atoms with Crippen molar-refractivity contribution in [2.45, 2.75) is 0 Å². The van der Waals surface area contributed by atoms with Gasteiger partial charge in [-0.2, -0.15) is 0 Å². The molecule has 0 aliphatic carbocycles. The molecule has 2 aliphatic rings. The predicted molar refractivity (Wildman–Crippen MR) is 51.8 cm³/mol. The van der Waals surface area contributed by atoms with Gasteiger partial charge in [-0.1, -0.05) is 0 Å². The molecule has 0 aromatic carbocycles. The second-order valence-electron chi connectivity index (χ2n) is 2.25. The van der Waals surface area contributed by atoms with E-state index in [9.17, 15) is 0 Å². The van der Waals surface area contributed by atoms with Crippen LogP contribution in [0.1, 0.15) is 0 Å². The molecule has 9 heavy (non-hydrogen) atoms. The van der Waals surface area contributed by atoms with Gasteiger partial charge in [0.2, 0.25) is 0 Å². The van der Waals surface area contributed by atoms with Crippen molar-refractivity contribution in [3.05, 3.63) is 0 Å². The van der Waals surface area contributed by atoms with Crippen molar-refractivity contribution >= 4 is 72.9 Å². The molecule has 2 rings (SSSR count). The van der Waals surface area contributed by atoms with E-state index in [4.69, 9.17) is 0 Å². The normalized spacial score (nSPS) is 28.0. The van der Waals surface area contributed by atoms with Gasteiger partial charge in [-0.05, 0) is 27.7 Å². The molecule has 0 nitrogen and oxygen atoms in total. The molecule has 2 aliphatic heterocycles. The standard InChI is InChI=1S/Si9/c1-5-6(2)9(5)7(3)8(9)4. The second-order valence-corrected chi connectivity index (χ2v) is 60.8. The van der Waals surface area contributed by atoms with Crippen LogP contribution in [-0.4, -0.2) is 72.9 Å². The van der Waals surface area contributed by atoms with Gasteiger partial charge in [0.15, 0.2) is 0 Å². The largest absolute Gasteiger partial charge is 0.0611 e. The first-order chi connectivity index (χ1) is 4.13. The maximum absolute atomic E-state index is 3.91. The summed E-state index contributed by atoms with van der Waals surface area (Å²) in [6.07, 6.45) is -0.463. The molecule has 1 spiro atoms. The van der Waals surface area contributed by atoms with Gasteiger partial charge >= 0.3 is 0 Å². The zero-order valence-electron chi connectivity index (χ0n) is 4.50. The van der Waals surface area contributed by atoms with Crippen LogP contribution in [0.2, 0.25) is 0 Å². The van der Waals surface area contributed by atoms with Crippen LogP contribution >= 0.6 is 0 Å². The molecular weight excluding hydrogens is 253 g/mol. The third-order valence-corrected chi connectivity index (χ3v) is 138. The molecule has 0 unspecified atom stereocenters. The lowest BCUT2D eigenvalue weighted by Crippen LogP contribution is -2.29. The third kappa shape index (κ3) is 0.701. The molecule has 0 aromatic rings. The highest BCUT2D eigenvalue weighted by atomic mass is 30.7. The summed E-state index contributed by atoms with van der Waals surface area (Å²) >= 11 is 0. The van der Waals surface area contributed by atoms with Crippen LogP contribution in [-0.2, 0) is 0 Å². The van der Waals surface area contributed by atoms with E-state index in [1.807, 2.05) is 0 Å². The lowest BCUT2D eigenvalue weighted by Gasteiger charge is -1.90. The summed E-state index contributed by atoms with van der Waals surface area (Å²) in [6, 6.07) is 0. The molecule has 0 atom stereocenters. The molecule has 2 heterocycles. The fourth-order valence-electron chi connectivity index (χ4n) is 1.06. The van der Waals surface area contributed by atoms with Crippen LogP contribution in [0, 0.1) is 0 Å². The van der Waals surface area contributed by atoms with Crippen LogP contribution in [0.3, 0.4) is 0 Å². The summed E-state index contributed by atoms with van der Waals surface area (Å²) in [5.41, 5.74) is 0. The van der Waals surface area contributed by atoms with Crippen LogP contribution in [0.5, 0.6) is 0 Å². The summed E-state index contributed by atoms with van der Waals surface area (Å²) < 4.78 is 0. The van der Waals surface area contributed by atoms with E-state index in [0.29, 0.717) is 0 Å². The Morgan fingerprint density at radius 1 is 0.667 bits per heavy atom. The van der Waals surface area contributed by atoms with E-state index in [2.05, 4.69) is 39.0 Å². The van der Waals surface area contributed by atoms with E-state index >= 15 is 0 Å². The van der Waals surface area contributed by atoms with Gasteiger partial charge in [0, 0.05) is 39.0 Å². The Balaban J connectivity index is 2.28. The molecular formula is Si9. The monoisotopic (exact) mass is 252 g/mol. The SMILES string of the molecule is [Si][Si]1=[Si]([Si])[Si]12[Si]([Si])=[Si]2[Si]. The van der Waals surface area contributed by atoms with E-state index < -0.39 is 6.14 Å². The van der Waals surface area contributed by atoms with Crippen molar-refractivity contribution in [3.63, 3.8) is 0 Å². The molecule has 9 heteroatoms. The first kappa shape index (κ1) is 7.59. The molecule has 0 amide bonds. The maximum atomic E-state index is 3.91. The van der Waals surface area contributed by atoms with E-state index in [1.54, 1.807) is 0 Å². The van der Waals surface area contributed by atoms with Gasteiger partial charge in [-0.15, -0.1) is 0 Å². The fourth-order valence-corrected chi connectivity index (χ4v) is 258. The molecule has 0 saturated heterocycles. The summed E-state index contributed by atoms with van der Waals surface area (Å²) in [5.74, 6) is 0. The minimum Gasteiger partial charge on any atom is -0.0421 e. The van der Waals surface area contributed by atoms with Crippen molar-refractivity contribution < 1.29 is 0 Å². The minimum atomic E-state index is -0.463. The topological polar surface area (TPSA) is 0 Å². The van der Waals surface area contributed by atoms with Gasteiger partial charge < -0.3 is 0 Å². The summed E-state index contributed by atoms with van der Waals surface area (Å²) in [4.78, 5) is 0. The number of hydrogen-bond acceptors (Lipinski definition) is 0. The van der Waals surface area contributed by atoms with Crippen molar-refractivity contribution in [1.82, 2.24) is 0 Å². The Morgan fingerprint density at radius 2 is 0.889 bits per heavy atom. The Labute approximate surface area is 72.5 Å². The Bertz CT molecular complexity index is 196. The Hall–Kier alpha value is 1.95. The average molecular weight is 253 g/mol. The van der Waals surface area contributed by atoms with Crippen molar-refractivity contribution in [1.29, 1.82) is 0 Å². The van der Waals surface area contributed by atoms with Crippen LogP contribution in [0.4, 0.5) is 0 Å². The van der Waals surface area contributed by atoms with E-state index in [1.165, 1.54) is 0 Å². The van der Waals surface area contributed by atoms with Crippen LogP contribution in [0.25, 0.3) is 0 Å². The molecule has 0 bridgehead atoms. The van der Waals surface area contributed by atoms with Gasteiger partial charge in [-0.25, -0.2) is 0 Å². The zero-order valence-corrected chi connectivity index (χ0v) is 13.5. The van der Waals surface area contributed by atoms with Gasteiger partial charge in [0.05, 0.1) is 6.14 Å². The lowest BCUT2D eigenvalue weighted by atomic mass is 26.2. The highest BCUT2D eigenvalue weighted by molar-refractivity contribution is 8.37. The molecule has 36 valence electrons. The molecule has 12 radical (unpaired) electrons. The summed E-state index contributed by atoms with van der Waals surface area (Å²) in [5, 5.41) is 0. The third-order valence-electron chi connectivity index (χ3n) is 1.88. The summed E-state index contributed by atoms with van der Waals surface area (Å²) in [7, 11) is 15.6. The zero-order chi connectivity index (χ0) is 6.81. The second kappa shape index (κ2) is 2.00. The number of hydrogen-bond donors (Lipinski definition) is 0. The predicted octanol–water partition coefficient (Wildman–Crippen LogP) is -3.43. The van der Waals surface area contributed by atoms with Crippen molar-refractivity contribution in [2.75, 3.05) is 0 Å². The van der Waals surface area contributed by atoms with Gasteiger partial charge in [0.25, 0.3) is 0 Å². The van der Waals surface area contributed by atoms with Crippen molar-refractivity contribution in [2.24, 2.45) is 0 Å². The maximum Gasteiger partial charge on any atom is 0.0611 e. The Morgan fingerprint density at radius 3 is 0.889 bits per heavy atom. The molecule has 0 aromatic heterocycles. The molecule has 0 N–H and O–H groups in total. The average Bonchev–Trinajstić information content (AvgIpc) is 2.52. The highest BCUT2D eigenvalue weighted by Gasteiger charge is 2.62. The Kier molecular flexibility index (Phi) is 1.69. The van der Waals surface area contributed by atoms with Crippen molar-refractivity contribution in [3.8, 4) is 0 Å². The smallest absolute Gasteiger partial charge is 0.0421 e.